The molecule has 3 rings (SSSR count). The van der Waals surface area contributed by atoms with Crippen molar-refractivity contribution in [1.29, 1.82) is 0 Å². The lowest BCUT2D eigenvalue weighted by Crippen LogP contribution is -1.92. The minimum atomic E-state index is -0.272. The van der Waals surface area contributed by atoms with E-state index in [1.54, 1.807) is 49.1 Å². The van der Waals surface area contributed by atoms with Crippen molar-refractivity contribution in [2.45, 2.75) is 0 Å². The lowest BCUT2D eigenvalue weighted by atomic mass is 10.1. The van der Waals surface area contributed by atoms with Crippen LogP contribution in [0.1, 0.15) is 0 Å². The summed E-state index contributed by atoms with van der Waals surface area (Å²) in [5.41, 5.74) is 1.64. The third-order valence-electron chi connectivity index (χ3n) is 2.65. The minimum Gasteiger partial charge on any atom is -0.423 e. The summed E-state index contributed by atoms with van der Waals surface area (Å²) in [5.74, 6) is 0.299. The molecule has 0 saturated carbocycles. The van der Waals surface area contributed by atoms with Crippen LogP contribution >= 0.6 is 0 Å². The third kappa shape index (κ3) is 2.77. The van der Waals surface area contributed by atoms with Gasteiger partial charge in [0, 0.05) is 24.2 Å². The molecule has 0 unspecified atom stereocenters. The molecule has 0 aliphatic heterocycles. The Labute approximate surface area is 114 Å². The molecule has 0 radical (unpaired) electrons. The largest absolute Gasteiger partial charge is 0.423 e. The first-order valence-corrected chi connectivity index (χ1v) is 5.97. The monoisotopic (exact) mass is 267 g/mol. The quantitative estimate of drug-likeness (QED) is 0.729. The van der Waals surface area contributed by atoms with E-state index in [4.69, 9.17) is 4.74 Å². The van der Waals surface area contributed by atoms with Crippen molar-refractivity contribution < 1.29 is 9.13 Å². The molecule has 0 aliphatic carbocycles. The van der Waals surface area contributed by atoms with Crippen LogP contribution in [-0.4, -0.2) is 15.0 Å². The highest BCUT2D eigenvalue weighted by Gasteiger charge is 2.03. The first-order valence-electron chi connectivity index (χ1n) is 5.97. The average molecular weight is 267 g/mol. The number of halogens is 1. The van der Waals surface area contributed by atoms with Gasteiger partial charge in [-0.3, -0.25) is 4.98 Å². The van der Waals surface area contributed by atoms with Crippen LogP contribution in [-0.2, 0) is 0 Å². The van der Waals surface area contributed by atoms with Gasteiger partial charge in [0.1, 0.15) is 11.6 Å². The van der Waals surface area contributed by atoms with E-state index in [9.17, 15) is 4.39 Å². The summed E-state index contributed by atoms with van der Waals surface area (Å²) >= 11 is 0. The van der Waals surface area contributed by atoms with Crippen LogP contribution in [0.25, 0.3) is 11.1 Å². The SMILES string of the molecule is Fc1ccc(-c2cnc(Oc3cccnc3)nc2)cc1. The van der Waals surface area contributed by atoms with E-state index in [1.165, 1.54) is 12.1 Å². The summed E-state index contributed by atoms with van der Waals surface area (Å²) < 4.78 is 18.3. The number of nitrogens with zero attached hydrogens (tertiary/aromatic N) is 3. The number of hydrogen-bond acceptors (Lipinski definition) is 4. The molecule has 1 aromatic carbocycles. The number of pyridine rings is 1. The van der Waals surface area contributed by atoms with E-state index < -0.39 is 0 Å². The molecule has 0 N–H and O–H groups in total. The fourth-order valence-electron chi connectivity index (χ4n) is 1.67. The third-order valence-corrected chi connectivity index (χ3v) is 2.65. The predicted molar refractivity (Wildman–Crippen MR) is 71.7 cm³/mol. The van der Waals surface area contributed by atoms with Crippen molar-refractivity contribution >= 4 is 0 Å². The highest BCUT2D eigenvalue weighted by Crippen LogP contribution is 2.20. The van der Waals surface area contributed by atoms with E-state index in [-0.39, 0.29) is 11.8 Å². The minimum absolute atomic E-state index is 0.240. The second-order valence-corrected chi connectivity index (χ2v) is 4.05. The number of hydrogen-bond donors (Lipinski definition) is 0. The molecule has 20 heavy (non-hydrogen) atoms. The van der Waals surface area contributed by atoms with Gasteiger partial charge >= 0.3 is 6.01 Å². The summed E-state index contributed by atoms with van der Waals surface area (Å²) in [6.07, 6.45) is 6.50. The molecule has 0 aliphatic rings. The standard InChI is InChI=1S/C15H10FN3O/c16-13-5-3-11(4-6-13)12-8-18-15(19-9-12)20-14-2-1-7-17-10-14/h1-10H. The molecular formula is C15H10FN3O. The zero-order chi connectivity index (χ0) is 13.8. The van der Waals surface area contributed by atoms with Crippen LogP contribution in [0.5, 0.6) is 11.8 Å². The Morgan fingerprint density at radius 2 is 1.60 bits per heavy atom. The second kappa shape index (κ2) is 5.44. The van der Waals surface area contributed by atoms with Gasteiger partial charge in [0.2, 0.25) is 0 Å². The molecule has 0 spiro atoms. The van der Waals surface area contributed by atoms with E-state index in [0.29, 0.717) is 5.75 Å². The maximum Gasteiger partial charge on any atom is 0.321 e. The molecule has 0 atom stereocenters. The van der Waals surface area contributed by atoms with Gasteiger partial charge in [-0.25, -0.2) is 14.4 Å². The molecule has 0 bridgehead atoms. The lowest BCUT2D eigenvalue weighted by Gasteiger charge is -2.04. The number of benzene rings is 1. The number of rotatable bonds is 3. The van der Waals surface area contributed by atoms with Crippen molar-refractivity contribution in [3.63, 3.8) is 0 Å². The van der Waals surface area contributed by atoms with Crippen LogP contribution < -0.4 is 4.74 Å². The molecular weight excluding hydrogens is 257 g/mol. The van der Waals surface area contributed by atoms with Crippen LogP contribution in [0, 0.1) is 5.82 Å². The summed E-state index contributed by atoms with van der Waals surface area (Å²) in [5, 5.41) is 0. The van der Waals surface area contributed by atoms with E-state index in [0.717, 1.165) is 11.1 Å². The molecule has 3 aromatic rings. The molecule has 0 fully saturated rings. The molecule has 4 nitrogen and oxygen atoms in total. The topological polar surface area (TPSA) is 47.9 Å². The molecule has 98 valence electrons. The zero-order valence-corrected chi connectivity index (χ0v) is 10.4. The second-order valence-electron chi connectivity index (χ2n) is 4.05. The maximum atomic E-state index is 12.9. The normalized spacial score (nSPS) is 10.2. The Balaban J connectivity index is 1.79. The lowest BCUT2D eigenvalue weighted by molar-refractivity contribution is 0.440. The van der Waals surface area contributed by atoms with Crippen LogP contribution in [0.15, 0.2) is 61.2 Å². The van der Waals surface area contributed by atoms with E-state index >= 15 is 0 Å². The first-order chi connectivity index (χ1) is 9.81. The average Bonchev–Trinajstić information content (AvgIpc) is 2.50. The van der Waals surface area contributed by atoms with Gasteiger partial charge in [0.25, 0.3) is 0 Å². The fraction of sp³-hybridized carbons (Fsp3) is 0. The van der Waals surface area contributed by atoms with Crippen molar-refractivity contribution in [1.82, 2.24) is 15.0 Å². The summed E-state index contributed by atoms with van der Waals surface area (Å²) in [4.78, 5) is 12.2. The van der Waals surface area contributed by atoms with Crippen molar-refractivity contribution in [3.05, 3.63) is 67.0 Å². The summed E-state index contributed by atoms with van der Waals surface area (Å²) in [6, 6.07) is 9.92. The highest BCUT2D eigenvalue weighted by atomic mass is 19.1. The smallest absolute Gasteiger partial charge is 0.321 e. The summed E-state index contributed by atoms with van der Waals surface area (Å²) in [7, 11) is 0. The van der Waals surface area contributed by atoms with Crippen molar-refractivity contribution in [2.24, 2.45) is 0 Å². The Morgan fingerprint density at radius 3 is 2.25 bits per heavy atom. The van der Waals surface area contributed by atoms with E-state index in [2.05, 4.69) is 15.0 Å². The van der Waals surface area contributed by atoms with Gasteiger partial charge in [0.15, 0.2) is 0 Å². The predicted octanol–water partition coefficient (Wildman–Crippen LogP) is 3.47. The van der Waals surface area contributed by atoms with Gasteiger partial charge in [-0.2, -0.15) is 0 Å². The van der Waals surface area contributed by atoms with E-state index in [1.807, 2.05) is 0 Å². The molecule has 0 amide bonds. The van der Waals surface area contributed by atoms with Crippen LogP contribution in [0.2, 0.25) is 0 Å². The first kappa shape index (κ1) is 12.2. The summed E-state index contributed by atoms with van der Waals surface area (Å²) in [6.45, 7) is 0. The zero-order valence-electron chi connectivity index (χ0n) is 10.4. The van der Waals surface area contributed by atoms with Gasteiger partial charge in [-0.05, 0) is 29.8 Å². The van der Waals surface area contributed by atoms with Gasteiger partial charge in [-0.1, -0.05) is 12.1 Å². The molecule has 2 heterocycles. The maximum absolute atomic E-state index is 12.9. The Hall–Kier alpha value is -2.82. The van der Waals surface area contributed by atoms with Crippen molar-refractivity contribution in [2.75, 3.05) is 0 Å². The molecule has 2 aromatic heterocycles. The van der Waals surface area contributed by atoms with Gasteiger partial charge in [0.05, 0.1) is 6.20 Å². The molecule has 0 saturated heterocycles. The highest BCUT2D eigenvalue weighted by molar-refractivity contribution is 5.61. The Morgan fingerprint density at radius 1 is 0.850 bits per heavy atom. The van der Waals surface area contributed by atoms with Crippen LogP contribution in [0.3, 0.4) is 0 Å². The number of ether oxygens (including phenoxy) is 1. The Bertz CT molecular complexity index is 685. The van der Waals surface area contributed by atoms with Gasteiger partial charge < -0.3 is 4.74 Å². The van der Waals surface area contributed by atoms with Crippen molar-refractivity contribution in [3.8, 4) is 22.9 Å². The van der Waals surface area contributed by atoms with Crippen LogP contribution in [0.4, 0.5) is 4.39 Å². The van der Waals surface area contributed by atoms with Gasteiger partial charge in [-0.15, -0.1) is 0 Å². The fourth-order valence-corrected chi connectivity index (χ4v) is 1.67. The Kier molecular flexibility index (Phi) is 3.33. The molecule has 5 heteroatoms. The number of aromatic nitrogens is 3.